The first kappa shape index (κ1) is 17.4. The van der Waals surface area contributed by atoms with Crippen molar-refractivity contribution in [1.29, 1.82) is 0 Å². The third-order valence-corrected chi connectivity index (χ3v) is 4.93. The number of methoxy groups -OCH3 is 1. The summed E-state index contributed by atoms with van der Waals surface area (Å²) in [6.07, 6.45) is 8.22. The molecule has 0 fully saturated rings. The van der Waals surface area contributed by atoms with Crippen molar-refractivity contribution in [2.24, 2.45) is 4.99 Å². The number of nitrogens with zero attached hydrogens (tertiary/aromatic N) is 2. The van der Waals surface area contributed by atoms with Gasteiger partial charge in [0.15, 0.2) is 11.5 Å². The van der Waals surface area contributed by atoms with Crippen molar-refractivity contribution in [3.63, 3.8) is 0 Å². The Morgan fingerprint density at radius 1 is 1.41 bits per heavy atom. The van der Waals surface area contributed by atoms with E-state index >= 15 is 0 Å². The van der Waals surface area contributed by atoms with E-state index in [-0.39, 0.29) is 11.7 Å². The monoisotopic (exact) mass is 383 g/mol. The van der Waals surface area contributed by atoms with Crippen LogP contribution in [-0.4, -0.2) is 35.8 Å². The van der Waals surface area contributed by atoms with Gasteiger partial charge in [0, 0.05) is 30.1 Å². The van der Waals surface area contributed by atoms with E-state index < -0.39 is 0 Å². The van der Waals surface area contributed by atoms with E-state index in [4.69, 9.17) is 16.3 Å². The fraction of sp³-hybridized carbons (Fsp3) is 0.200. The Bertz CT molecular complexity index is 1110. The molecule has 3 heterocycles. The highest BCUT2D eigenvalue weighted by Gasteiger charge is 2.21. The number of phenolic OH excluding ortho intramolecular Hbond substituents is 1. The Kier molecular flexibility index (Phi) is 4.49. The summed E-state index contributed by atoms with van der Waals surface area (Å²) >= 11 is 6.19. The lowest BCUT2D eigenvalue weighted by atomic mass is 10.1. The molecule has 0 aliphatic carbocycles. The van der Waals surface area contributed by atoms with Gasteiger partial charge in [-0.1, -0.05) is 29.8 Å². The van der Waals surface area contributed by atoms with Gasteiger partial charge in [0.1, 0.15) is 10.6 Å². The van der Waals surface area contributed by atoms with Gasteiger partial charge in [-0.3, -0.25) is 14.4 Å². The molecule has 0 atom stereocenters. The zero-order valence-corrected chi connectivity index (χ0v) is 15.5. The van der Waals surface area contributed by atoms with E-state index in [2.05, 4.69) is 16.4 Å². The highest BCUT2D eigenvalue weighted by Crippen LogP contribution is 2.30. The SMILES string of the molecule is COc1cc(-c2cn(C(=O)C3=C(Cl)NCC=C3)c3c2=CCCN=3)ccc1O. The highest BCUT2D eigenvalue weighted by atomic mass is 35.5. The van der Waals surface area contributed by atoms with Crippen LogP contribution in [0.2, 0.25) is 0 Å². The Labute approximate surface area is 160 Å². The van der Waals surface area contributed by atoms with Crippen LogP contribution in [0.5, 0.6) is 11.5 Å². The van der Waals surface area contributed by atoms with Crippen LogP contribution in [0, 0.1) is 0 Å². The molecule has 2 aliphatic heterocycles. The summed E-state index contributed by atoms with van der Waals surface area (Å²) in [5.74, 6) is 0.198. The first-order valence-electron chi connectivity index (χ1n) is 8.58. The molecule has 6 nitrogen and oxygen atoms in total. The highest BCUT2D eigenvalue weighted by molar-refractivity contribution is 6.32. The fourth-order valence-electron chi connectivity index (χ4n) is 3.27. The molecule has 2 N–H and O–H groups in total. The van der Waals surface area contributed by atoms with Crippen LogP contribution in [-0.2, 0) is 0 Å². The molecule has 1 aromatic heterocycles. The number of hydrogen-bond donors (Lipinski definition) is 2. The van der Waals surface area contributed by atoms with E-state index in [9.17, 15) is 9.90 Å². The molecule has 2 aromatic rings. The molecule has 0 bridgehead atoms. The van der Waals surface area contributed by atoms with Gasteiger partial charge in [-0.05, 0) is 30.2 Å². The number of carbonyl (C=O) groups is 1. The number of aromatic nitrogens is 1. The summed E-state index contributed by atoms with van der Waals surface area (Å²) in [6.45, 7) is 1.22. The zero-order chi connectivity index (χ0) is 19.0. The average molecular weight is 384 g/mol. The van der Waals surface area contributed by atoms with Gasteiger partial charge in [0.05, 0.1) is 12.7 Å². The smallest absolute Gasteiger partial charge is 0.266 e. The van der Waals surface area contributed by atoms with Crippen molar-refractivity contribution < 1.29 is 14.6 Å². The van der Waals surface area contributed by atoms with Crippen molar-refractivity contribution in [3.8, 4) is 22.6 Å². The number of nitrogens with one attached hydrogen (secondary N) is 1. The first-order valence-corrected chi connectivity index (χ1v) is 8.96. The van der Waals surface area contributed by atoms with Gasteiger partial charge in [-0.25, -0.2) is 0 Å². The molecule has 0 saturated carbocycles. The summed E-state index contributed by atoms with van der Waals surface area (Å²) in [5.41, 5.74) is 2.70. The quantitative estimate of drug-likeness (QED) is 0.794. The number of carbonyl (C=O) groups excluding carboxylic acids is 1. The predicted octanol–water partition coefficient (Wildman–Crippen LogP) is 1.92. The number of fused-ring (bicyclic) bond motifs is 1. The number of halogens is 1. The number of aromatic hydroxyl groups is 1. The number of allylic oxidation sites excluding steroid dienone is 2. The summed E-state index contributed by atoms with van der Waals surface area (Å²) in [6, 6.07) is 5.11. The lowest BCUT2D eigenvalue weighted by Crippen LogP contribution is -2.36. The normalized spacial score (nSPS) is 15.5. The van der Waals surface area contributed by atoms with Crippen molar-refractivity contribution in [2.45, 2.75) is 6.42 Å². The Balaban J connectivity index is 1.90. The van der Waals surface area contributed by atoms with Crippen molar-refractivity contribution in [2.75, 3.05) is 20.2 Å². The van der Waals surface area contributed by atoms with Gasteiger partial charge >= 0.3 is 0 Å². The minimum absolute atomic E-state index is 0.0645. The van der Waals surface area contributed by atoms with E-state index in [1.807, 2.05) is 6.08 Å². The number of dihydropyridines is 1. The number of hydrogen-bond acceptors (Lipinski definition) is 5. The Morgan fingerprint density at radius 3 is 3.04 bits per heavy atom. The molecule has 1 aromatic carbocycles. The molecule has 138 valence electrons. The van der Waals surface area contributed by atoms with Gasteiger partial charge in [0.25, 0.3) is 5.91 Å². The Hall–Kier alpha value is -2.99. The summed E-state index contributed by atoms with van der Waals surface area (Å²) in [5, 5.41) is 14.1. The van der Waals surface area contributed by atoms with Crippen LogP contribution < -0.4 is 20.8 Å². The second kappa shape index (κ2) is 6.96. The molecular formula is C20H18ClN3O3. The minimum Gasteiger partial charge on any atom is -0.504 e. The van der Waals surface area contributed by atoms with E-state index in [1.54, 1.807) is 30.5 Å². The maximum absolute atomic E-state index is 13.1. The lowest BCUT2D eigenvalue weighted by molar-refractivity contribution is 0.0954. The summed E-state index contributed by atoms with van der Waals surface area (Å²) in [7, 11) is 1.50. The molecule has 2 aliphatic rings. The standard InChI is InChI=1S/C20H18ClN3O3/c1-27-17-10-12(6-7-16(17)25)15-11-24(19-13(15)4-2-9-23-19)20(26)14-5-3-8-22-18(14)21/h3-7,10-11,22,25H,2,8-9H2,1H3. The number of ether oxygens (including phenoxy) is 1. The van der Waals surface area contributed by atoms with Crippen LogP contribution in [0.1, 0.15) is 11.2 Å². The topological polar surface area (TPSA) is 75.8 Å². The molecule has 27 heavy (non-hydrogen) atoms. The average Bonchev–Trinajstić information content (AvgIpc) is 3.08. The fourth-order valence-corrected chi connectivity index (χ4v) is 3.49. The van der Waals surface area contributed by atoms with E-state index in [0.29, 0.717) is 35.1 Å². The van der Waals surface area contributed by atoms with Gasteiger partial charge in [0.2, 0.25) is 0 Å². The van der Waals surface area contributed by atoms with E-state index in [1.165, 1.54) is 11.7 Å². The second-order valence-corrected chi connectivity index (χ2v) is 6.61. The van der Waals surface area contributed by atoms with Crippen molar-refractivity contribution in [1.82, 2.24) is 9.88 Å². The van der Waals surface area contributed by atoms with Gasteiger partial charge in [-0.2, -0.15) is 0 Å². The maximum atomic E-state index is 13.1. The van der Waals surface area contributed by atoms with Crippen LogP contribution in [0.25, 0.3) is 17.2 Å². The lowest BCUT2D eigenvalue weighted by Gasteiger charge is -2.12. The molecule has 0 amide bonds. The molecule has 7 heteroatoms. The van der Waals surface area contributed by atoms with Crippen LogP contribution in [0.4, 0.5) is 0 Å². The molecular weight excluding hydrogens is 366 g/mol. The Morgan fingerprint density at radius 2 is 2.26 bits per heavy atom. The van der Waals surface area contributed by atoms with E-state index in [0.717, 1.165) is 22.8 Å². The number of rotatable bonds is 3. The maximum Gasteiger partial charge on any atom is 0.266 e. The predicted molar refractivity (Wildman–Crippen MR) is 103 cm³/mol. The molecule has 0 saturated heterocycles. The summed E-state index contributed by atoms with van der Waals surface area (Å²) < 4.78 is 6.75. The third kappa shape index (κ3) is 3.02. The summed E-state index contributed by atoms with van der Waals surface area (Å²) in [4.78, 5) is 17.7. The molecule has 0 radical (unpaired) electrons. The van der Waals surface area contributed by atoms with Crippen molar-refractivity contribution >= 4 is 23.6 Å². The van der Waals surface area contributed by atoms with Crippen LogP contribution in [0.3, 0.4) is 0 Å². The molecule has 4 rings (SSSR count). The van der Waals surface area contributed by atoms with Crippen LogP contribution in [0.15, 0.2) is 52.3 Å². The minimum atomic E-state index is -0.240. The zero-order valence-electron chi connectivity index (χ0n) is 14.7. The molecule has 0 spiro atoms. The number of benzene rings is 1. The number of phenols is 1. The van der Waals surface area contributed by atoms with Crippen molar-refractivity contribution in [3.05, 3.63) is 58.0 Å². The van der Waals surface area contributed by atoms with Gasteiger partial charge < -0.3 is 15.2 Å². The first-order chi connectivity index (χ1) is 13.1. The largest absolute Gasteiger partial charge is 0.504 e. The second-order valence-electron chi connectivity index (χ2n) is 6.23. The van der Waals surface area contributed by atoms with Crippen LogP contribution >= 0.6 is 11.6 Å². The molecule has 0 unspecified atom stereocenters. The third-order valence-electron chi connectivity index (χ3n) is 4.59. The van der Waals surface area contributed by atoms with Gasteiger partial charge in [-0.15, -0.1) is 0 Å².